The maximum absolute atomic E-state index is 13.7. The number of aryl methyl sites for hydroxylation is 1. The van der Waals surface area contributed by atoms with Gasteiger partial charge in [0.2, 0.25) is 5.78 Å². The van der Waals surface area contributed by atoms with Crippen LogP contribution in [0.2, 0.25) is 0 Å². The minimum absolute atomic E-state index is 0.246. The highest BCUT2D eigenvalue weighted by Gasteiger charge is 2.53. The summed E-state index contributed by atoms with van der Waals surface area (Å²) in [5, 5.41) is 0.711. The van der Waals surface area contributed by atoms with E-state index in [-0.39, 0.29) is 5.69 Å². The first kappa shape index (κ1) is 23.6. The van der Waals surface area contributed by atoms with Gasteiger partial charge in [0.05, 0.1) is 26.0 Å². The molecule has 3 aromatic rings. The predicted molar refractivity (Wildman–Crippen MR) is 129 cm³/mol. The lowest BCUT2D eigenvalue weighted by Crippen LogP contribution is -3.14. The number of carbonyl (C=O) groups is 3. The summed E-state index contributed by atoms with van der Waals surface area (Å²) < 4.78 is 11.0. The Kier molecular flexibility index (Phi) is 6.90. The highest BCUT2D eigenvalue weighted by molar-refractivity contribution is 7.15. The van der Waals surface area contributed by atoms with Gasteiger partial charge in [-0.25, -0.2) is 4.98 Å². The highest BCUT2D eigenvalue weighted by Crippen LogP contribution is 2.39. The molecule has 0 spiro atoms. The van der Waals surface area contributed by atoms with Crippen molar-refractivity contribution < 1.29 is 28.4 Å². The molecular weight excluding hydrogens is 466 g/mol. The van der Waals surface area contributed by atoms with Gasteiger partial charge in [-0.2, -0.15) is 0 Å². The lowest BCUT2D eigenvalue weighted by molar-refractivity contribution is -0.908. The van der Waals surface area contributed by atoms with Crippen LogP contribution in [0.25, 0.3) is 10.6 Å². The molecule has 9 heteroatoms. The predicted octanol–water partition coefficient (Wildman–Crippen LogP) is 1.97. The zero-order valence-electron chi connectivity index (χ0n) is 19.6. The second-order valence-corrected chi connectivity index (χ2v) is 10.1. The zero-order valence-corrected chi connectivity index (χ0v) is 20.4. The number of hydrogen-bond acceptors (Lipinski definition) is 7. The lowest BCUT2D eigenvalue weighted by Gasteiger charge is -2.27. The maximum Gasteiger partial charge on any atom is 0.291 e. The number of ether oxygens (including phenoxy) is 1. The molecule has 8 nitrogen and oxygen atoms in total. The summed E-state index contributed by atoms with van der Waals surface area (Å²) in [6.07, 6.45) is 2.22. The zero-order chi connectivity index (χ0) is 24.4. The molecule has 1 aromatic carbocycles. The van der Waals surface area contributed by atoms with Crippen molar-refractivity contribution in [2.24, 2.45) is 5.92 Å². The van der Waals surface area contributed by atoms with Crippen LogP contribution in [0.3, 0.4) is 0 Å². The molecule has 2 saturated heterocycles. The summed E-state index contributed by atoms with van der Waals surface area (Å²) in [4.78, 5) is 48.3. The molecular formula is C26H28N3O5S+. The van der Waals surface area contributed by atoms with E-state index in [1.807, 2.05) is 37.3 Å². The van der Waals surface area contributed by atoms with E-state index in [1.54, 1.807) is 12.1 Å². The molecule has 0 radical (unpaired) electrons. The molecule has 2 atom stereocenters. The number of hydrogen-bond donors (Lipinski definition) is 1. The number of quaternary nitrogens is 1. The van der Waals surface area contributed by atoms with Crippen LogP contribution in [0.4, 0.5) is 0 Å². The van der Waals surface area contributed by atoms with Crippen molar-refractivity contribution in [2.45, 2.75) is 19.4 Å². The first-order valence-electron chi connectivity index (χ1n) is 11.9. The van der Waals surface area contributed by atoms with E-state index >= 15 is 0 Å². The van der Waals surface area contributed by atoms with Gasteiger partial charge >= 0.3 is 0 Å². The summed E-state index contributed by atoms with van der Waals surface area (Å²) in [6.45, 7) is 6.42. The minimum Gasteiger partial charge on any atom is -0.467 e. The van der Waals surface area contributed by atoms with Crippen molar-refractivity contribution in [2.75, 3.05) is 39.4 Å². The lowest BCUT2D eigenvalue weighted by atomic mass is 9.90. The number of nitrogens with zero attached hydrogens (tertiary/aromatic N) is 2. The van der Waals surface area contributed by atoms with Gasteiger partial charge in [-0.1, -0.05) is 30.3 Å². The Morgan fingerprint density at radius 3 is 2.63 bits per heavy atom. The Morgan fingerprint density at radius 2 is 1.91 bits per heavy atom. The Balaban J connectivity index is 1.40. The van der Waals surface area contributed by atoms with Crippen LogP contribution in [0.15, 0.2) is 53.1 Å². The molecule has 2 aliphatic heterocycles. The fourth-order valence-corrected chi connectivity index (χ4v) is 5.81. The Morgan fingerprint density at radius 1 is 1.14 bits per heavy atom. The average molecular weight is 495 g/mol. The van der Waals surface area contributed by atoms with E-state index in [4.69, 9.17) is 9.15 Å². The Bertz CT molecular complexity index is 1200. The third-order valence-electron chi connectivity index (χ3n) is 6.70. The first-order chi connectivity index (χ1) is 17.0. The summed E-state index contributed by atoms with van der Waals surface area (Å²) >= 11 is 1.41. The minimum atomic E-state index is -1.17. The van der Waals surface area contributed by atoms with Crippen LogP contribution < -0.4 is 4.90 Å². The largest absolute Gasteiger partial charge is 0.467 e. The third-order valence-corrected chi connectivity index (χ3v) is 7.72. The number of thiazole rings is 1. The fraction of sp³-hybridized carbons (Fsp3) is 0.385. The number of carbonyl (C=O) groups excluding carboxylic acids is 3. The van der Waals surface area contributed by atoms with Crippen LogP contribution in [-0.2, 0) is 14.3 Å². The molecule has 2 fully saturated rings. The van der Waals surface area contributed by atoms with Crippen molar-refractivity contribution in [1.82, 2.24) is 9.88 Å². The highest BCUT2D eigenvalue weighted by atomic mass is 32.1. The molecule has 0 saturated carbocycles. The smallest absolute Gasteiger partial charge is 0.291 e. The van der Waals surface area contributed by atoms with E-state index in [1.165, 1.54) is 27.4 Å². The molecule has 2 aliphatic rings. The average Bonchev–Trinajstić information content (AvgIpc) is 3.60. The van der Waals surface area contributed by atoms with E-state index < -0.39 is 29.4 Å². The second-order valence-electron chi connectivity index (χ2n) is 8.92. The number of aromatic nitrogens is 1. The van der Waals surface area contributed by atoms with Crippen LogP contribution >= 0.6 is 11.3 Å². The molecule has 0 bridgehead atoms. The number of rotatable bonds is 8. The molecule has 5 rings (SSSR count). The van der Waals surface area contributed by atoms with Crippen molar-refractivity contribution >= 4 is 28.8 Å². The third kappa shape index (κ3) is 4.71. The number of nitrogens with one attached hydrogen (secondary N) is 1. The van der Waals surface area contributed by atoms with Gasteiger partial charge < -0.3 is 19.0 Å². The van der Waals surface area contributed by atoms with Crippen molar-refractivity contribution in [3.05, 3.63) is 65.1 Å². The van der Waals surface area contributed by atoms with Crippen LogP contribution in [0.1, 0.15) is 33.6 Å². The topological polar surface area (TPSA) is 94.1 Å². The van der Waals surface area contributed by atoms with Crippen LogP contribution in [0, 0.1) is 12.8 Å². The van der Waals surface area contributed by atoms with Gasteiger partial charge in [0.1, 0.15) is 41.5 Å². The summed E-state index contributed by atoms with van der Waals surface area (Å²) in [7, 11) is 0. The van der Waals surface area contributed by atoms with Crippen molar-refractivity contribution in [3.8, 4) is 10.6 Å². The monoisotopic (exact) mass is 494 g/mol. The van der Waals surface area contributed by atoms with Gasteiger partial charge in [-0.05, 0) is 19.1 Å². The number of benzene rings is 1. The Labute approximate surface area is 207 Å². The fourth-order valence-electron chi connectivity index (χ4n) is 4.89. The molecule has 4 heterocycles. The van der Waals surface area contributed by atoms with Crippen LogP contribution in [0.5, 0.6) is 0 Å². The molecule has 2 aromatic heterocycles. The maximum atomic E-state index is 13.7. The van der Waals surface area contributed by atoms with Crippen molar-refractivity contribution in [1.29, 1.82) is 0 Å². The van der Waals surface area contributed by atoms with Gasteiger partial charge in [0, 0.05) is 23.4 Å². The molecule has 35 heavy (non-hydrogen) atoms. The molecule has 2 unspecified atom stereocenters. The summed E-state index contributed by atoms with van der Waals surface area (Å²) in [5.41, 5.74) is 1.15. The van der Waals surface area contributed by atoms with Crippen LogP contribution in [-0.4, -0.2) is 66.8 Å². The number of Topliss-reactive ketones (excluding diaryl/α,β-unsaturated/α-hetero) is 2. The molecule has 0 aliphatic carbocycles. The normalized spacial score (nSPS) is 21.1. The number of ketones is 2. The van der Waals surface area contributed by atoms with Crippen molar-refractivity contribution in [3.63, 3.8) is 0 Å². The molecule has 182 valence electrons. The number of amides is 1. The van der Waals surface area contributed by atoms with E-state index in [9.17, 15) is 14.4 Å². The number of furan rings is 1. The Hall–Kier alpha value is -3.14. The number of likely N-dealkylation sites (tertiary alicyclic amines) is 1. The first-order valence-corrected chi connectivity index (χ1v) is 12.7. The van der Waals surface area contributed by atoms with Gasteiger partial charge in [-0.15, -0.1) is 11.3 Å². The SMILES string of the molecule is Cc1sc(-c2ccccc2)nc1C(=O)C1C(=O)C(=O)N(CCC[NH+]2CCOCC2)C1c1ccco1. The van der Waals surface area contributed by atoms with E-state index in [2.05, 4.69) is 4.98 Å². The van der Waals surface area contributed by atoms with E-state index in [0.717, 1.165) is 49.7 Å². The van der Waals surface area contributed by atoms with E-state index in [0.29, 0.717) is 17.3 Å². The molecule has 1 amide bonds. The second kappa shape index (κ2) is 10.2. The summed E-state index contributed by atoms with van der Waals surface area (Å²) in [5.74, 6) is -2.48. The summed E-state index contributed by atoms with van der Waals surface area (Å²) in [6, 6.07) is 12.3. The number of morpholine rings is 1. The van der Waals surface area contributed by atoms with Gasteiger partial charge in [0.15, 0.2) is 5.78 Å². The standard InChI is InChI=1S/C26H27N3O5S/c1-17-21(27-25(35-17)18-7-3-2-4-8-18)23(30)20-22(19-9-5-14-34-19)29(26(32)24(20)31)11-6-10-28-12-15-33-16-13-28/h2-5,7-9,14,20,22H,6,10-13,15-16H2,1H3/p+1. The molecule has 1 N–H and O–H groups in total. The van der Waals surface area contributed by atoms with Gasteiger partial charge in [-0.3, -0.25) is 14.4 Å². The quantitative estimate of drug-likeness (QED) is 0.292. The van der Waals surface area contributed by atoms with Gasteiger partial charge in [0.25, 0.3) is 5.91 Å².